The van der Waals surface area contributed by atoms with Crippen molar-refractivity contribution in [3.8, 4) is 0 Å². The molecule has 0 aliphatic carbocycles. The molecule has 0 N–H and O–H groups in total. The van der Waals surface area contributed by atoms with Gasteiger partial charge < -0.3 is 4.74 Å². The third kappa shape index (κ3) is 4.45. The molecule has 0 atom stereocenters. The molecule has 0 aromatic heterocycles. The SMILES string of the molecule is CC(C)(C)OC(=O)CN1C(=O)CN(C(=O)c2ccc([N+](=O)[O-])cc2)c2ccccc21. The number of esters is 1. The van der Waals surface area contributed by atoms with Gasteiger partial charge >= 0.3 is 5.97 Å². The van der Waals surface area contributed by atoms with Crippen molar-refractivity contribution in [1.82, 2.24) is 0 Å². The van der Waals surface area contributed by atoms with E-state index in [4.69, 9.17) is 4.74 Å². The molecule has 9 heteroatoms. The maximum Gasteiger partial charge on any atom is 0.326 e. The number of amides is 2. The average Bonchev–Trinajstić information content (AvgIpc) is 2.68. The Hall–Kier alpha value is -3.75. The fourth-order valence-electron chi connectivity index (χ4n) is 3.10. The highest BCUT2D eigenvalue weighted by molar-refractivity contribution is 6.16. The Morgan fingerprint density at radius 2 is 1.67 bits per heavy atom. The van der Waals surface area contributed by atoms with Gasteiger partial charge in [0.2, 0.25) is 5.91 Å². The predicted octanol–water partition coefficient (Wildman–Crippen LogP) is 2.93. The number of fused-ring (bicyclic) bond motifs is 1. The highest BCUT2D eigenvalue weighted by Crippen LogP contribution is 2.34. The summed E-state index contributed by atoms with van der Waals surface area (Å²) < 4.78 is 5.31. The van der Waals surface area contributed by atoms with E-state index >= 15 is 0 Å². The van der Waals surface area contributed by atoms with Gasteiger partial charge in [-0.1, -0.05) is 12.1 Å². The van der Waals surface area contributed by atoms with Crippen LogP contribution in [0.25, 0.3) is 0 Å². The second-order valence-corrected chi connectivity index (χ2v) is 7.75. The highest BCUT2D eigenvalue weighted by Gasteiger charge is 2.34. The summed E-state index contributed by atoms with van der Waals surface area (Å²) in [7, 11) is 0. The summed E-state index contributed by atoms with van der Waals surface area (Å²) >= 11 is 0. The van der Waals surface area contributed by atoms with Gasteiger partial charge in [-0.15, -0.1) is 0 Å². The number of ether oxygens (including phenoxy) is 1. The molecule has 0 bridgehead atoms. The number of hydrogen-bond donors (Lipinski definition) is 0. The van der Waals surface area contributed by atoms with Crippen LogP contribution in [0.1, 0.15) is 31.1 Å². The number of hydrogen-bond acceptors (Lipinski definition) is 6. The monoisotopic (exact) mass is 411 g/mol. The Labute approximate surface area is 173 Å². The van der Waals surface area contributed by atoms with Gasteiger partial charge in [-0.3, -0.25) is 34.3 Å². The zero-order valence-corrected chi connectivity index (χ0v) is 16.8. The van der Waals surface area contributed by atoms with Gasteiger partial charge in [0.05, 0.1) is 16.3 Å². The maximum absolute atomic E-state index is 13.0. The molecule has 156 valence electrons. The first kappa shape index (κ1) is 21.0. The molecule has 0 saturated carbocycles. The molecule has 9 nitrogen and oxygen atoms in total. The summed E-state index contributed by atoms with van der Waals surface area (Å²) in [4.78, 5) is 50.9. The van der Waals surface area contributed by atoms with Crippen molar-refractivity contribution in [2.45, 2.75) is 26.4 Å². The minimum Gasteiger partial charge on any atom is -0.459 e. The Morgan fingerprint density at radius 1 is 1.07 bits per heavy atom. The first-order valence-electron chi connectivity index (χ1n) is 9.24. The molecule has 1 aliphatic rings. The van der Waals surface area contributed by atoms with Crippen LogP contribution in [-0.4, -0.2) is 41.4 Å². The van der Waals surface area contributed by atoms with E-state index in [1.165, 1.54) is 34.1 Å². The molecule has 1 aliphatic heterocycles. The summed E-state index contributed by atoms with van der Waals surface area (Å²) in [5.41, 5.74) is 0.265. The molecular weight excluding hydrogens is 390 g/mol. The Morgan fingerprint density at radius 3 is 2.23 bits per heavy atom. The molecule has 0 spiro atoms. The van der Waals surface area contributed by atoms with Crippen LogP contribution in [0.4, 0.5) is 17.1 Å². The van der Waals surface area contributed by atoms with Gasteiger partial charge in [0.25, 0.3) is 11.6 Å². The number of anilines is 2. The van der Waals surface area contributed by atoms with Crippen LogP contribution >= 0.6 is 0 Å². The van der Waals surface area contributed by atoms with Crippen molar-refractivity contribution < 1.29 is 24.0 Å². The van der Waals surface area contributed by atoms with Crippen LogP contribution in [0.15, 0.2) is 48.5 Å². The zero-order chi connectivity index (χ0) is 22.1. The van der Waals surface area contributed by atoms with Crippen LogP contribution in [0.3, 0.4) is 0 Å². The van der Waals surface area contributed by atoms with E-state index in [-0.39, 0.29) is 24.3 Å². The van der Waals surface area contributed by atoms with Gasteiger partial charge in [-0.25, -0.2) is 0 Å². The summed E-state index contributed by atoms with van der Waals surface area (Å²) in [5, 5.41) is 10.8. The van der Waals surface area contributed by atoms with Gasteiger partial charge in [-0.2, -0.15) is 0 Å². The van der Waals surface area contributed by atoms with Gasteiger partial charge in [0.1, 0.15) is 18.7 Å². The largest absolute Gasteiger partial charge is 0.459 e. The van der Waals surface area contributed by atoms with Gasteiger partial charge in [-0.05, 0) is 45.0 Å². The Balaban J connectivity index is 1.89. The Kier molecular flexibility index (Phi) is 5.55. The van der Waals surface area contributed by atoms with Crippen molar-refractivity contribution in [3.05, 3.63) is 64.2 Å². The molecular formula is C21H21N3O6. The molecule has 2 aromatic rings. The van der Waals surface area contributed by atoms with Crippen LogP contribution in [0.2, 0.25) is 0 Å². The lowest BCUT2D eigenvalue weighted by Gasteiger charge is -2.36. The first-order chi connectivity index (χ1) is 14.1. The minimum absolute atomic E-state index is 0.134. The molecule has 30 heavy (non-hydrogen) atoms. The smallest absolute Gasteiger partial charge is 0.326 e. The van der Waals surface area contributed by atoms with E-state index in [2.05, 4.69) is 0 Å². The summed E-state index contributed by atoms with van der Waals surface area (Å²) in [6, 6.07) is 11.9. The second kappa shape index (κ2) is 7.94. The summed E-state index contributed by atoms with van der Waals surface area (Å²) in [6.07, 6.45) is 0. The van der Waals surface area contributed by atoms with Crippen molar-refractivity contribution >= 4 is 34.8 Å². The number of para-hydroxylation sites is 2. The minimum atomic E-state index is -0.687. The number of rotatable bonds is 4. The highest BCUT2D eigenvalue weighted by atomic mass is 16.6. The zero-order valence-electron chi connectivity index (χ0n) is 16.8. The van der Waals surface area contributed by atoms with Crippen LogP contribution in [0.5, 0.6) is 0 Å². The van der Waals surface area contributed by atoms with Crippen LogP contribution < -0.4 is 9.80 Å². The maximum atomic E-state index is 13.0. The predicted molar refractivity (Wildman–Crippen MR) is 109 cm³/mol. The fraction of sp³-hybridized carbons (Fsp3) is 0.286. The Bertz CT molecular complexity index is 1010. The van der Waals surface area contributed by atoms with Crippen molar-refractivity contribution in [2.24, 2.45) is 0 Å². The van der Waals surface area contributed by atoms with Gasteiger partial charge in [0.15, 0.2) is 0 Å². The van der Waals surface area contributed by atoms with Gasteiger partial charge in [0, 0.05) is 17.7 Å². The van der Waals surface area contributed by atoms with Crippen LogP contribution in [0, 0.1) is 10.1 Å². The lowest BCUT2D eigenvalue weighted by molar-refractivity contribution is -0.384. The molecule has 0 unspecified atom stereocenters. The number of non-ortho nitro benzene ring substituents is 1. The molecule has 1 heterocycles. The van der Waals surface area contributed by atoms with E-state index in [0.29, 0.717) is 11.4 Å². The third-order valence-corrected chi connectivity index (χ3v) is 4.34. The number of benzene rings is 2. The first-order valence-corrected chi connectivity index (χ1v) is 9.24. The standard InChI is InChI=1S/C21H21N3O6/c1-21(2,3)30-19(26)13-22-16-6-4-5-7-17(16)23(12-18(22)25)20(27)14-8-10-15(11-9-14)24(28)29/h4-11H,12-13H2,1-3H3. The number of nitrogens with zero attached hydrogens (tertiary/aromatic N) is 3. The van der Waals surface area contributed by atoms with E-state index in [1.807, 2.05) is 0 Å². The topological polar surface area (TPSA) is 110 Å². The second-order valence-electron chi connectivity index (χ2n) is 7.75. The number of carbonyl (C=O) groups is 3. The van der Waals surface area contributed by atoms with E-state index in [0.717, 1.165) is 0 Å². The lowest BCUT2D eigenvalue weighted by Crippen LogP contribution is -2.50. The molecule has 3 rings (SSSR count). The molecule has 0 fully saturated rings. The lowest BCUT2D eigenvalue weighted by atomic mass is 10.1. The summed E-state index contributed by atoms with van der Waals surface area (Å²) in [6.45, 7) is 4.67. The molecule has 2 aromatic carbocycles. The van der Waals surface area contributed by atoms with E-state index < -0.39 is 28.3 Å². The van der Waals surface area contributed by atoms with Crippen molar-refractivity contribution in [2.75, 3.05) is 22.9 Å². The molecule has 2 amide bonds. The average molecular weight is 411 g/mol. The summed E-state index contributed by atoms with van der Waals surface area (Å²) in [5.74, 6) is -1.46. The number of nitro benzene ring substituents is 1. The van der Waals surface area contributed by atoms with Crippen LogP contribution in [-0.2, 0) is 14.3 Å². The molecule has 0 saturated heterocycles. The van der Waals surface area contributed by atoms with Crippen molar-refractivity contribution in [3.63, 3.8) is 0 Å². The normalized spacial score (nSPS) is 13.6. The van der Waals surface area contributed by atoms with Crippen molar-refractivity contribution in [1.29, 1.82) is 0 Å². The van der Waals surface area contributed by atoms with E-state index in [9.17, 15) is 24.5 Å². The number of nitro groups is 1. The number of carbonyl (C=O) groups excluding carboxylic acids is 3. The molecule has 0 radical (unpaired) electrons. The van der Waals surface area contributed by atoms with E-state index in [1.54, 1.807) is 45.0 Å². The fourth-order valence-corrected chi connectivity index (χ4v) is 3.10. The quantitative estimate of drug-likeness (QED) is 0.435. The third-order valence-electron chi connectivity index (χ3n) is 4.34.